The lowest BCUT2D eigenvalue weighted by atomic mass is 9.82. The maximum Gasteiger partial charge on any atom is 0.205 e. The van der Waals surface area contributed by atoms with Crippen molar-refractivity contribution < 1.29 is 9.21 Å². The topological polar surface area (TPSA) is 30.2 Å². The first-order valence-electron chi connectivity index (χ1n) is 6.79. The van der Waals surface area contributed by atoms with Gasteiger partial charge in [0.25, 0.3) is 0 Å². The number of carbonyl (C=O) groups is 1. The van der Waals surface area contributed by atoms with E-state index in [4.69, 9.17) is 4.42 Å². The molecule has 0 fully saturated rings. The van der Waals surface area contributed by atoms with Gasteiger partial charge in [-0.05, 0) is 30.5 Å². The summed E-state index contributed by atoms with van der Waals surface area (Å²) in [6, 6.07) is 13.6. The lowest BCUT2D eigenvalue weighted by molar-refractivity contribution is 0.0902. The Kier molecular flexibility index (Phi) is 4.20. The van der Waals surface area contributed by atoms with E-state index < -0.39 is 0 Å². The minimum Gasteiger partial charge on any atom is -0.458 e. The van der Waals surface area contributed by atoms with Gasteiger partial charge in [-0.3, -0.25) is 4.79 Å². The summed E-state index contributed by atoms with van der Waals surface area (Å²) in [7, 11) is 0. The summed E-state index contributed by atoms with van der Waals surface area (Å²) in [6.07, 6.45) is 0.963. The first-order chi connectivity index (χ1) is 9.13. The number of ketones is 1. The Morgan fingerprint density at radius 3 is 2.37 bits per heavy atom. The molecule has 2 unspecified atom stereocenters. The van der Waals surface area contributed by atoms with Crippen LogP contribution in [0.1, 0.15) is 48.1 Å². The van der Waals surface area contributed by atoms with Crippen LogP contribution in [0.5, 0.6) is 0 Å². The van der Waals surface area contributed by atoms with Crippen LogP contribution in [-0.4, -0.2) is 5.78 Å². The maximum atomic E-state index is 12.7. The Hall–Kier alpha value is -1.83. The Balaban J connectivity index is 2.36. The zero-order valence-electron chi connectivity index (χ0n) is 11.7. The van der Waals surface area contributed by atoms with E-state index in [-0.39, 0.29) is 11.7 Å². The van der Waals surface area contributed by atoms with Crippen LogP contribution in [0.15, 0.2) is 46.9 Å². The third kappa shape index (κ3) is 2.95. The van der Waals surface area contributed by atoms with Crippen LogP contribution in [-0.2, 0) is 0 Å². The van der Waals surface area contributed by atoms with Crippen molar-refractivity contribution in [3.8, 4) is 0 Å². The summed E-state index contributed by atoms with van der Waals surface area (Å²) in [5, 5.41) is 0. The summed E-state index contributed by atoms with van der Waals surface area (Å²) in [5.41, 5.74) is 1.07. The van der Waals surface area contributed by atoms with E-state index in [1.807, 2.05) is 43.3 Å². The van der Waals surface area contributed by atoms with Crippen LogP contribution >= 0.6 is 0 Å². The fraction of sp³-hybridized carbons (Fsp3) is 0.353. The first kappa shape index (κ1) is 13.6. The Morgan fingerprint density at radius 1 is 1.16 bits per heavy atom. The molecule has 0 N–H and O–H groups in total. The lowest BCUT2D eigenvalue weighted by Gasteiger charge is -2.21. The summed E-state index contributed by atoms with van der Waals surface area (Å²) in [5.74, 6) is 1.48. The molecule has 2 rings (SSSR count). The molecular formula is C17H20O2. The van der Waals surface area contributed by atoms with Gasteiger partial charge in [-0.1, -0.05) is 50.6 Å². The van der Waals surface area contributed by atoms with Gasteiger partial charge in [0.05, 0.1) is 5.92 Å². The largest absolute Gasteiger partial charge is 0.458 e. The second-order valence-electron chi connectivity index (χ2n) is 5.05. The maximum absolute atomic E-state index is 12.7. The van der Waals surface area contributed by atoms with Crippen LogP contribution in [0.3, 0.4) is 0 Å². The van der Waals surface area contributed by atoms with E-state index >= 15 is 0 Å². The van der Waals surface area contributed by atoms with Gasteiger partial charge in [0, 0.05) is 0 Å². The van der Waals surface area contributed by atoms with Crippen molar-refractivity contribution in [3.05, 3.63) is 59.5 Å². The van der Waals surface area contributed by atoms with Crippen molar-refractivity contribution in [1.82, 2.24) is 0 Å². The standard InChI is InChI=1S/C17H20O2/c1-4-12(2)16(14-8-6-5-7-9-14)17(18)15-11-10-13(3)19-15/h5-12,16H,4H2,1-3H3. The Labute approximate surface area is 114 Å². The summed E-state index contributed by atoms with van der Waals surface area (Å²) in [6.45, 7) is 6.09. The fourth-order valence-corrected chi connectivity index (χ4v) is 2.35. The average molecular weight is 256 g/mol. The summed E-state index contributed by atoms with van der Waals surface area (Å²) < 4.78 is 5.49. The SMILES string of the molecule is CCC(C)C(C(=O)c1ccc(C)o1)c1ccccc1. The van der Waals surface area contributed by atoms with Crippen molar-refractivity contribution in [2.45, 2.75) is 33.1 Å². The molecule has 0 saturated carbocycles. The molecule has 0 aliphatic heterocycles. The van der Waals surface area contributed by atoms with Crippen LogP contribution in [0.4, 0.5) is 0 Å². The highest BCUT2D eigenvalue weighted by Crippen LogP contribution is 2.31. The molecule has 2 aromatic rings. The van der Waals surface area contributed by atoms with Crippen LogP contribution < -0.4 is 0 Å². The molecule has 0 aliphatic carbocycles. The minimum absolute atomic E-state index is 0.0775. The molecule has 2 nitrogen and oxygen atoms in total. The number of benzene rings is 1. The number of hydrogen-bond donors (Lipinski definition) is 0. The molecule has 0 aliphatic rings. The molecule has 1 heterocycles. The van der Waals surface area contributed by atoms with E-state index in [0.717, 1.165) is 17.7 Å². The highest BCUT2D eigenvalue weighted by atomic mass is 16.3. The van der Waals surface area contributed by atoms with Crippen molar-refractivity contribution in [2.75, 3.05) is 0 Å². The van der Waals surface area contributed by atoms with Crippen molar-refractivity contribution in [3.63, 3.8) is 0 Å². The second-order valence-corrected chi connectivity index (χ2v) is 5.05. The summed E-state index contributed by atoms with van der Waals surface area (Å²) in [4.78, 5) is 12.7. The van der Waals surface area contributed by atoms with Gasteiger partial charge in [-0.15, -0.1) is 0 Å². The van der Waals surface area contributed by atoms with Gasteiger partial charge in [-0.2, -0.15) is 0 Å². The number of hydrogen-bond acceptors (Lipinski definition) is 2. The molecule has 100 valence electrons. The quantitative estimate of drug-likeness (QED) is 0.732. The predicted molar refractivity (Wildman–Crippen MR) is 76.4 cm³/mol. The zero-order valence-corrected chi connectivity index (χ0v) is 11.7. The number of Topliss-reactive ketones (excluding diaryl/α,β-unsaturated/α-hetero) is 1. The van der Waals surface area contributed by atoms with Gasteiger partial charge in [0.2, 0.25) is 5.78 Å². The van der Waals surface area contributed by atoms with E-state index in [1.54, 1.807) is 6.07 Å². The molecule has 2 atom stereocenters. The Bertz CT molecular complexity index is 539. The normalized spacial score (nSPS) is 14.1. The van der Waals surface area contributed by atoms with Gasteiger partial charge < -0.3 is 4.42 Å². The first-order valence-corrected chi connectivity index (χ1v) is 6.79. The molecule has 0 radical (unpaired) electrons. The van der Waals surface area contributed by atoms with Crippen molar-refractivity contribution >= 4 is 5.78 Å². The molecule has 0 bridgehead atoms. The fourth-order valence-electron chi connectivity index (χ4n) is 2.35. The van der Waals surface area contributed by atoms with Gasteiger partial charge in [-0.25, -0.2) is 0 Å². The smallest absolute Gasteiger partial charge is 0.205 e. The number of aryl methyl sites for hydroxylation is 1. The molecule has 0 spiro atoms. The molecule has 0 saturated heterocycles. The van der Waals surface area contributed by atoms with E-state index in [1.165, 1.54) is 0 Å². The number of rotatable bonds is 5. The number of furan rings is 1. The second kappa shape index (κ2) is 5.87. The van der Waals surface area contributed by atoms with E-state index in [9.17, 15) is 4.79 Å². The summed E-state index contributed by atoms with van der Waals surface area (Å²) >= 11 is 0. The molecule has 0 amide bonds. The lowest BCUT2D eigenvalue weighted by Crippen LogP contribution is -2.19. The molecule has 1 aromatic carbocycles. The monoisotopic (exact) mass is 256 g/mol. The van der Waals surface area contributed by atoms with E-state index in [0.29, 0.717) is 11.7 Å². The average Bonchev–Trinajstić information content (AvgIpc) is 2.86. The van der Waals surface area contributed by atoms with Crippen LogP contribution in [0.2, 0.25) is 0 Å². The highest BCUT2D eigenvalue weighted by Gasteiger charge is 2.28. The van der Waals surface area contributed by atoms with Crippen molar-refractivity contribution in [1.29, 1.82) is 0 Å². The third-order valence-corrected chi connectivity index (χ3v) is 3.64. The predicted octanol–water partition coefficient (Wildman–Crippen LogP) is 4.60. The van der Waals surface area contributed by atoms with Crippen LogP contribution in [0, 0.1) is 12.8 Å². The number of carbonyl (C=O) groups excluding carboxylic acids is 1. The molecule has 1 aromatic heterocycles. The minimum atomic E-state index is -0.128. The van der Waals surface area contributed by atoms with Crippen LogP contribution in [0.25, 0.3) is 0 Å². The van der Waals surface area contributed by atoms with Crippen molar-refractivity contribution in [2.24, 2.45) is 5.92 Å². The zero-order chi connectivity index (χ0) is 13.8. The molecular weight excluding hydrogens is 236 g/mol. The van der Waals surface area contributed by atoms with Gasteiger partial charge in [0.1, 0.15) is 5.76 Å². The highest BCUT2D eigenvalue weighted by molar-refractivity contribution is 5.99. The van der Waals surface area contributed by atoms with Gasteiger partial charge >= 0.3 is 0 Å². The molecule has 19 heavy (non-hydrogen) atoms. The van der Waals surface area contributed by atoms with Gasteiger partial charge in [0.15, 0.2) is 5.76 Å². The third-order valence-electron chi connectivity index (χ3n) is 3.64. The molecule has 2 heteroatoms. The Morgan fingerprint density at radius 2 is 1.84 bits per heavy atom. The van der Waals surface area contributed by atoms with E-state index in [2.05, 4.69) is 13.8 Å².